The predicted molar refractivity (Wildman–Crippen MR) is 122 cm³/mol. The maximum absolute atomic E-state index is 12.7. The number of aromatic amines is 1. The number of benzene rings is 2. The maximum Gasteiger partial charge on any atom is 0.307 e. The number of aryl methyl sites for hydroxylation is 1. The molecule has 8 heteroatoms. The van der Waals surface area contributed by atoms with Gasteiger partial charge in [-0.1, -0.05) is 41.9 Å². The van der Waals surface area contributed by atoms with Gasteiger partial charge in [0.05, 0.1) is 22.6 Å². The van der Waals surface area contributed by atoms with E-state index in [1.54, 1.807) is 18.2 Å². The zero-order valence-corrected chi connectivity index (χ0v) is 18.3. The van der Waals surface area contributed by atoms with E-state index in [9.17, 15) is 14.7 Å². The molecule has 0 unspecified atom stereocenters. The van der Waals surface area contributed by atoms with Crippen LogP contribution in [0.15, 0.2) is 48.5 Å². The van der Waals surface area contributed by atoms with Gasteiger partial charge in [0, 0.05) is 34.7 Å². The molecular weight excluding hydrogens is 434 g/mol. The molecule has 0 bridgehead atoms. The average molecular weight is 454 g/mol. The predicted octanol–water partition coefficient (Wildman–Crippen LogP) is 5.09. The number of carbonyl (C=O) groups excluding carboxylic acids is 1. The molecule has 0 amide bonds. The van der Waals surface area contributed by atoms with Crippen LogP contribution in [0.2, 0.25) is 5.02 Å². The van der Waals surface area contributed by atoms with Crippen LogP contribution in [0.5, 0.6) is 0 Å². The first-order chi connectivity index (χ1) is 14.9. The summed E-state index contributed by atoms with van der Waals surface area (Å²) in [6.07, 6.45) is 0.179. The number of nitrogens with zero attached hydrogens (tertiary/aromatic N) is 2. The lowest BCUT2D eigenvalue weighted by molar-refractivity contribution is -0.143. The molecule has 158 valence electrons. The van der Waals surface area contributed by atoms with Crippen LogP contribution in [0.4, 0.5) is 0 Å². The van der Waals surface area contributed by atoms with Gasteiger partial charge in [0.2, 0.25) is 0 Å². The van der Waals surface area contributed by atoms with Crippen molar-refractivity contribution in [2.45, 2.75) is 26.2 Å². The van der Waals surface area contributed by atoms with Crippen molar-refractivity contribution in [1.82, 2.24) is 15.0 Å². The number of aromatic nitrogens is 3. The van der Waals surface area contributed by atoms with Gasteiger partial charge in [-0.25, -0.2) is 9.97 Å². The lowest BCUT2D eigenvalue weighted by Gasteiger charge is -2.09. The van der Waals surface area contributed by atoms with Gasteiger partial charge in [0.1, 0.15) is 16.6 Å². The molecule has 0 spiro atoms. The molecule has 2 aromatic carbocycles. The van der Waals surface area contributed by atoms with Crippen molar-refractivity contribution in [3.63, 3.8) is 0 Å². The molecule has 6 nitrogen and oxygen atoms in total. The van der Waals surface area contributed by atoms with E-state index in [1.807, 2.05) is 37.3 Å². The normalized spacial score (nSPS) is 12.2. The smallest absolute Gasteiger partial charge is 0.307 e. The third-order valence-corrected chi connectivity index (χ3v) is 6.33. The Bertz CT molecular complexity index is 1250. The Labute approximate surface area is 187 Å². The van der Waals surface area contributed by atoms with Crippen molar-refractivity contribution >= 4 is 45.7 Å². The first kappa shape index (κ1) is 21.2. The van der Waals surface area contributed by atoms with Crippen molar-refractivity contribution in [2.24, 2.45) is 5.92 Å². The number of carboxylic acid groups (broad SMARTS) is 1. The highest BCUT2D eigenvalue weighted by molar-refractivity contribution is 7.15. The second-order valence-corrected chi connectivity index (χ2v) is 9.03. The third-order valence-electron chi connectivity index (χ3n) is 5.03. The largest absolute Gasteiger partial charge is 0.481 e. The summed E-state index contributed by atoms with van der Waals surface area (Å²) in [4.78, 5) is 37.6. The van der Waals surface area contributed by atoms with Gasteiger partial charge in [-0.3, -0.25) is 9.59 Å². The van der Waals surface area contributed by atoms with Crippen LogP contribution in [0.1, 0.15) is 22.8 Å². The van der Waals surface area contributed by atoms with E-state index in [0.29, 0.717) is 22.1 Å². The molecule has 1 atom stereocenters. The van der Waals surface area contributed by atoms with Crippen LogP contribution >= 0.6 is 22.9 Å². The highest BCUT2D eigenvalue weighted by atomic mass is 35.5. The minimum Gasteiger partial charge on any atom is -0.481 e. The number of halogens is 1. The molecular formula is C23H20ClN3O3S. The Balaban J connectivity index is 1.45. The van der Waals surface area contributed by atoms with E-state index in [1.165, 1.54) is 11.3 Å². The number of nitrogens with one attached hydrogen (secondary N) is 1. The summed E-state index contributed by atoms with van der Waals surface area (Å²) in [6, 6.07) is 15.0. The highest BCUT2D eigenvalue weighted by Crippen LogP contribution is 2.28. The van der Waals surface area contributed by atoms with Crippen molar-refractivity contribution in [3.05, 3.63) is 69.9 Å². The summed E-state index contributed by atoms with van der Waals surface area (Å²) in [5.41, 5.74) is 3.16. The molecule has 0 aliphatic carbocycles. The lowest BCUT2D eigenvalue weighted by atomic mass is 9.96. The Morgan fingerprint density at radius 1 is 1.16 bits per heavy atom. The van der Waals surface area contributed by atoms with Crippen molar-refractivity contribution in [3.8, 4) is 10.6 Å². The molecule has 0 fully saturated rings. The molecule has 0 aliphatic rings. The fourth-order valence-corrected chi connectivity index (χ4v) is 4.55. The minimum atomic E-state index is -1.02. The van der Waals surface area contributed by atoms with Gasteiger partial charge >= 0.3 is 5.97 Å². The summed E-state index contributed by atoms with van der Waals surface area (Å²) in [6.45, 7) is 1.93. The van der Waals surface area contributed by atoms with E-state index in [4.69, 9.17) is 11.6 Å². The van der Waals surface area contributed by atoms with Crippen molar-refractivity contribution < 1.29 is 14.7 Å². The molecule has 31 heavy (non-hydrogen) atoms. The number of H-pyrrole nitrogens is 1. The van der Waals surface area contributed by atoms with Gasteiger partial charge in [-0.05, 0) is 25.1 Å². The molecule has 0 radical (unpaired) electrons. The Kier molecular flexibility index (Phi) is 6.15. The van der Waals surface area contributed by atoms with Gasteiger partial charge in [0.15, 0.2) is 0 Å². The number of thiazole rings is 1. The second kappa shape index (κ2) is 8.99. The quantitative estimate of drug-likeness (QED) is 0.387. The van der Waals surface area contributed by atoms with Crippen molar-refractivity contribution in [1.29, 1.82) is 0 Å². The number of carboxylic acids is 1. The SMILES string of the molecule is Cc1sc(-c2ccccc2)nc1CC(=O)C[C@H](Cc1nc2ccc(Cl)cc2[nH]1)C(=O)O. The van der Waals surface area contributed by atoms with Gasteiger partial charge < -0.3 is 10.1 Å². The zero-order chi connectivity index (χ0) is 22.0. The van der Waals surface area contributed by atoms with E-state index >= 15 is 0 Å². The van der Waals surface area contributed by atoms with Crippen LogP contribution in [0.3, 0.4) is 0 Å². The maximum atomic E-state index is 12.7. The van der Waals surface area contributed by atoms with E-state index in [0.717, 1.165) is 21.0 Å². The van der Waals surface area contributed by atoms with Crippen LogP contribution in [-0.4, -0.2) is 31.8 Å². The summed E-state index contributed by atoms with van der Waals surface area (Å²) in [5, 5.41) is 11.1. The number of fused-ring (bicyclic) bond motifs is 1. The summed E-state index contributed by atoms with van der Waals surface area (Å²) >= 11 is 7.53. The Morgan fingerprint density at radius 3 is 2.68 bits per heavy atom. The lowest BCUT2D eigenvalue weighted by Crippen LogP contribution is -2.22. The molecule has 2 N–H and O–H groups in total. The number of imidazole rings is 1. The Hall–Kier alpha value is -3.03. The summed E-state index contributed by atoms with van der Waals surface area (Å²) in [5.74, 6) is -1.52. The van der Waals surface area contributed by atoms with Gasteiger partial charge in [-0.2, -0.15) is 0 Å². The van der Waals surface area contributed by atoms with Gasteiger partial charge in [-0.15, -0.1) is 11.3 Å². The minimum absolute atomic E-state index is 0.0786. The second-order valence-electron chi connectivity index (χ2n) is 7.39. The van der Waals surface area contributed by atoms with Crippen LogP contribution in [0, 0.1) is 12.8 Å². The molecule has 4 rings (SSSR count). The summed E-state index contributed by atoms with van der Waals surface area (Å²) in [7, 11) is 0. The van der Waals surface area contributed by atoms with E-state index in [-0.39, 0.29) is 25.0 Å². The highest BCUT2D eigenvalue weighted by Gasteiger charge is 2.24. The topological polar surface area (TPSA) is 95.9 Å². The third kappa shape index (κ3) is 5.00. The number of ketones is 1. The number of carbonyl (C=O) groups is 2. The van der Waals surface area contributed by atoms with Crippen LogP contribution in [0.25, 0.3) is 21.6 Å². The summed E-state index contributed by atoms with van der Waals surface area (Å²) < 4.78 is 0. The monoisotopic (exact) mass is 453 g/mol. The number of rotatable bonds is 8. The number of hydrogen-bond donors (Lipinski definition) is 2. The Morgan fingerprint density at radius 2 is 1.94 bits per heavy atom. The molecule has 2 aromatic heterocycles. The average Bonchev–Trinajstić information content (AvgIpc) is 3.30. The standard InChI is InChI=1S/C23H20ClN3O3S/c1-13-19(27-22(31-13)14-5-3-2-4-6-14)12-17(28)9-15(23(29)30)10-21-25-18-8-7-16(24)11-20(18)26-21/h2-8,11,15H,9-10,12H2,1H3,(H,25,26)(H,29,30)/t15-/m1/s1. The fourth-order valence-electron chi connectivity index (χ4n) is 3.44. The van der Waals surface area contributed by atoms with Crippen LogP contribution < -0.4 is 0 Å². The first-order valence-corrected chi connectivity index (χ1v) is 11.0. The van der Waals surface area contributed by atoms with Crippen LogP contribution in [-0.2, 0) is 22.4 Å². The fraction of sp³-hybridized carbons (Fsp3) is 0.217. The molecule has 0 saturated heterocycles. The van der Waals surface area contributed by atoms with Gasteiger partial charge in [0.25, 0.3) is 0 Å². The number of hydrogen-bond acceptors (Lipinski definition) is 5. The molecule has 0 saturated carbocycles. The first-order valence-electron chi connectivity index (χ1n) is 9.79. The van der Waals surface area contributed by atoms with E-state index in [2.05, 4.69) is 15.0 Å². The van der Waals surface area contributed by atoms with E-state index < -0.39 is 11.9 Å². The molecule has 2 heterocycles. The number of Topliss-reactive ketones (excluding diaryl/α,β-unsaturated/α-hetero) is 1. The zero-order valence-electron chi connectivity index (χ0n) is 16.8. The molecule has 4 aromatic rings. The van der Waals surface area contributed by atoms with Crippen molar-refractivity contribution in [2.75, 3.05) is 0 Å². The number of aliphatic carboxylic acids is 1. The molecule has 0 aliphatic heterocycles.